The van der Waals surface area contributed by atoms with E-state index < -0.39 is 0 Å². The van der Waals surface area contributed by atoms with Crippen LogP contribution in [0.2, 0.25) is 0 Å². The van der Waals surface area contributed by atoms with Crippen molar-refractivity contribution in [1.29, 1.82) is 0 Å². The highest BCUT2D eigenvalue weighted by molar-refractivity contribution is 5.70. The molecule has 0 spiro atoms. The summed E-state index contributed by atoms with van der Waals surface area (Å²) in [5.74, 6) is 0.556. The van der Waals surface area contributed by atoms with Gasteiger partial charge >= 0.3 is 5.97 Å². The lowest BCUT2D eigenvalue weighted by atomic mass is 10.1. The number of carbonyl (C=O) groups is 1. The lowest BCUT2D eigenvalue weighted by Crippen LogP contribution is -2.10. The van der Waals surface area contributed by atoms with Crippen LogP contribution < -0.4 is 10.2 Å². The smallest absolute Gasteiger partial charge is 0.332 e. The zero-order valence-corrected chi connectivity index (χ0v) is 11.8. The largest absolute Gasteiger partial charge is 0.497 e. The summed E-state index contributed by atoms with van der Waals surface area (Å²) in [7, 11) is 1.61. The molecule has 4 nitrogen and oxygen atoms in total. The van der Waals surface area contributed by atoms with E-state index >= 15 is 0 Å². The Bertz CT molecular complexity index is 362. The average Bonchev–Trinajstić information content (AvgIpc) is 2.45. The molecule has 19 heavy (non-hydrogen) atoms. The second-order valence-electron chi connectivity index (χ2n) is 4.47. The fraction of sp³-hybridized carbons (Fsp3) is 0.533. The molecule has 0 aliphatic carbocycles. The SMILES string of the molecule is CCCCCCCC(=O)ONc1ccc(OC)cc1. The molecule has 0 saturated carbocycles. The Hall–Kier alpha value is -1.71. The maximum atomic E-state index is 11.5. The summed E-state index contributed by atoms with van der Waals surface area (Å²) in [6.45, 7) is 2.17. The van der Waals surface area contributed by atoms with Gasteiger partial charge in [-0.05, 0) is 30.7 Å². The minimum atomic E-state index is -0.215. The third kappa shape index (κ3) is 6.70. The van der Waals surface area contributed by atoms with Crippen molar-refractivity contribution < 1.29 is 14.4 Å². The van der Waals surface area contributed by atoms with Gasteiger partial charge in [-0.3, -0.25) is 0 Å². The number of ether oxygens (including phenoxy) is 1. The second-order valence-corrected chi connectivity index (χ2v) is 4.47. The van der Waals surface area contributed by atoms with E-state index in [1.807, 2.05) is 0 Å². The predicted octanol–water partition coefficient (Wildman–Crippen LogP) is 3.93. The number of benzene rings is 1. The molecule has 0 amide bonds. The van der Waals surface area contributed by atoms with Gasteiger partial charge < -0.3 is 9.57 Å². The third-order valence-electron chi connectivity index (χ3n) is 2.86. The Morgan fingerprint density at radius 2 is 1.79 bits per heavy atom. The minimum Gasteiger partial charge on any atom is -0.497 e. The van der Waals surface area contributed by atoms with Crippen LogP contribution in [-0.4, -0.2) is 13.1 Å². The van der Waals surface area contributed by atoms with E-state index in [4.69, 9.17) is 9.57 Å². The molecule has 0 atom stereocenters. The summed E-state index contributed by atoms with van der Waals surface area (Å²) in [5, 5.41) is 0. The Morgan fingerprint density at radius 3 is 2.42 bits per heavy atom. The van der Waals surface area contributed by atoms with Gasteiger partial charge in [-0.2, -0.15) is 0 Å². The standard InChI is InChI=1S/C15H23NO3/c1-3-4-5-6-7-8-15(17)19-16-13-9-11-14(18-2)12-10-13/h9-12,16H,3-8H2,1-2H3. The molecular weight excluding hydrogens is 242 g/mol. The van der Waals surface area contributed by atoms with Gasteiger partial charge in [0, 0.05) is 6.42 Å². The van der Waals surface area contributed by atoms with E-state index in [0.717, 1.165) is 24.3 Å². The van der Waals surface area contributed by atoms with Gasteiger partial charge in [-0.25, -0.2) is 10.3 Å². The van der Waals surface area contributed by atoms with E-state index in [1.54, 1.807) is 31.4 Å². The van der Waals surface area contributed by atoms with Crippen LogP contribution in [0.1, 0.15) is 45.4 Å². The fourth-order valence-electron chi connectivity index (χ4n) is 1.70. The molecule has 106 valence electrons. The van der Waals surface area contributed by atoms with Crippen LogP contribution in [0.3, 0.4) is 0 Å². The van der Waals surface area contributed by atoms with Gasteiger partial charge in [-0.1, -0.05) is 32.6 Å². The van der Waals surface area contributed by atoms with Crippen molar-refractivity contribution in [2.45, 2.75) is 45.4 Å². The van der Waals surface area contributed by atoms with Crippen LogP contribution in [0, 0.1) is 0 Å². The van der Waals surface area contributed by atoms with Crippen LogP contribution in [0.25, 0.3) is 0 Å². The molecule has 1 rings (SSSR count). The zero-order chi connectivity index (χ0) is 13.9. The third-order valence-corrected chi connectivity index (χ3v) is 2.86. The zero-order valence-electron chi connectivity index (χ0n) is 11.8. The van der Waals surface area contributed by atoms with Crippen molar-refractivity contribution in [2.24, 2.45) is 0 Å². The van der Waals surface area contributed by atoms with Crippen LogP contribution in [0.5, 0.6) is 5.75 Å². The molecule has 0 aromatic heterocycles. The average molecular weight is 265 g/mol. The summed E-state index contributed by atoms with van der Waals surface area (Å²) in [4.78, 5) is 16.4. The highest BCUT2D eigenvalue weighted by atomic mass is 16.7. The molecular formula is C15H23NO3. The van der Waals surface area contributed by atoms with Gasteiger partial charge in [0.1, 0.15) is 5.75 Å². The van der Waals surface area contributed by atoms with Crippen molar-refractivity contribution in [2.75, 3.05) is 12.6 Å². The molecule has 0 unspecified atom stereocenters. The number of methoxy groups -OCH3 is 1. The molecule has 4 heteroatoms. The van der Waals surface area contributed by atoms with Crippen LogP contribution in [0.15, 0.2) is 24.3 Å². The lowest BCUT2D eigenvalue weighted by molar-refractivity contribution is -0.140. The Labute approximate surface area is 115 Å². The van der Waals surface area contributed by atoms with E-state index in [1.165, 1.54) is 19.3 Å². The lowest BCUT2D eigenvalue weighted by Gasteiger charge is -2.07. The highest BCUT2D eigenvalue weighted by Crippen LogP contribution is 2.15. The van der Waals surface area contributed by atoms with Crippen molar-refractivity contribution in [1.82, 2.24) is 0 Å². The predicted molar refractivity (Wildman–Crippen MR) is 76.1 cm³/mol. The van der Waals surface area contributed by atoms with E-state index in [9.17, 15) is 4.79 Å². The Kier molecular flexibility index (Phi) is 7.47. The molecule has 0 bridgehead atoms. The van der Waals surface area contributed by atoms with Gasteiger partial charge in [0.15, 0.2) is 0 Å². The normalized spacial score (nSPS) is 10.0. The fourth-order valence-corrected chi connectivity index (χ4v) is 1.70. The number of rotatable bonds is 9. The molecule has 1 aromatic carbocycles. The van der Waals surface area contributed by atoms with Crippen LogP contribution in [-0.2, 0) is 9.63 Å². The van der Waals surface area contributed by atoms with E-state index in [2.05, 4.69) is 12.4 Å². The van der Waals surface area contributed by atoms with Crippen molar-refractivity contribution in [3.05, 3.63) is 24.3 Å². The molecule has 0 radical (unpaired) electrons. The number of unbranched alkanes of at least 4 members (excludes halogenated alkanes) is 4. The summed E-state index contributed by atoms with van der Waals surface area (Å²) < 4.78 is 5.04. The second kappa shape index (κ2) is 9.25. The maximum absolute atomic E-state index is 11.5. The summed E-state index contributed by atoms with van der Waals surface area (Å²) in [5.41, 5.74) is 3.38. The first-order valence-electron chi connectivity index (χ1n) is 6.86. The van der Waals surface area contributed by atoms with Gasteiger partial charge in [0.2, 0.25) is 0 Å². The van der Waals surface area contributed by atoms with E-state index in [-0.39, 0.29) is 5.97 Å². The first-order valence-corrected chi connectivity index (χ1v) is 6.86. The van der Waals surface area contributed by atoms with E-state index in [0.29, 0.717) is 6.42 Å². The topological polar surface area (TPSA) is 47.6 Å². The van der Waals surface area contributed by atoms with Gasteiger partial charge in [-0.15, -0.1) is 0 Å². The van der Waals surface area contributed by atoms with Crippen LogP contribution in [0.4, 0.5) is 5.69 Å². The molecule has 1 N–H and O–H groups in total. The first kappa shape index (κ1) is 15.3. The summed E-state index contributed by atoms with van der Waals surface area (Å²) >= 11 is 0. The number of carbonyl (C=O) groups excluding carboxylic acids is 1. The summed E-state index contributed by atoms with van der Waals surface area (Å²) in [6, 6.07) is 7.21. The van der Waals surface area contributed by atoms with Gasteiger partial charge in [0.25, 0.3) is 0 Å². The molecule has 1 aromatic rings. The maximum Gasteiger partial charge on any atom is 0.332 e. The number of nitrogens with one attached hydrogen (secondary N) is 1. The Morgan fingerprint density at radius 1 is 1.11 bits per heavy atom. The van der Waals surface area contributed by atoms with Crippen molar-refractivity contribution in [3.63, 3.8) is 0 Å². The highest BCUT2D eigenvalue weighted by Gasteiger charge is 2.03. The molecule has 0 aliphatic heterocycles. The summed E-state index contributed by atoms with van der Waals surface area (Å²) in [6.07, 6.45) is 6.08. The van der Waals surface area contributed by atoms with Gasteiger partial charge in [0.05, 0.1) is 12.8 Å². The monoisotopic (exact) mass is 265 g/mol. The molecule has 0 saturated heterocycles. The Balaban J connectivity index is 2.15. The van der Waals surface area contributed by atoms with Crippen LogP contribution >= 0.6 is 0 Å². The molecule has 0 heterocycles. The quantitative estimate of drug-likeness (QED) is 0.543. The number of anilines is 1. The first-order chi connectivity index (χ1) is 9.26. The van der Waals surface area contributed by atoms with Crippen molar-refractivity contribution >= 4 is 11.7 Å². The molecule has 0 fully saturated rings. The number of hydrogen-bond acceptors (Lipinski definition) is 4. The number of hydrogen-bond donors (Lipinski definition) is 1. The van der Waals surface area contributed by atoms with Crippen molar-refractivity contribution in [3.8, 4) is 5.75 Å². The molecule has 0 aliphatic rings. The minimum absolute atomic E-state index is 0.215.